The van der Waals surface area contributed by atoms with Crippen molar-refractivity contribution in [3.05, 3.63) is 58.6 Å². The molecule has 2 aromatic rings. The van der Waals surface area contributed by atoms with Crippen LogP contribution in [0.3, 0.4) is 0 Å². The summed E-state index contributed by atoms with van der Waals surface area (Å²) in [4.78, 5) is 8.51. The van der Waals surface area contributed by atoms with Gasteiger partial charge in [0.15, 0.2) is 0 Å². The third-order valence-electron chi connectivity index (χ3n) is 2.41. The number of hydrogen-bond donors (Lipinski definition) is 1. The van der Waals surface area contributed by atoms with Crippen LogP contribution in [-0.2, 0) is 0 Å². The van der Waals surface area contributed by atoms with Crippen LogP contribution in [0.4, 0.5) is 0 Å². The van der Waals surface area contributed by atoms with Crippen LogP contribution < -0.4 is 5.73 Å². The Balaban J connectivity index is 2.41. The van der Waals surface area contributed by atoms with Crippen molar-refractivity contribution in [2.75, 3.05) is 6.54 Å². The highest BCUT2D eigenvalue weighted by molar-refractivity contribution is 9.10. The number of hydrogen-bond acceptors (Lipinski definition) is 3. The van der Waals surface area contributed by atoms with E-state index in [1.807, 2.05) is 24.3 Å². The SMILES string of the molecule is NCC(c1ncccn1)c1ccccc1Br. The van der Waals surface area contributed by atoms with Crippen molar-refractivity contribution < 1.29 is 0 Å². The number of aromatic nitrogens is 2. The van der Waals surface area contributed by atoms with Gasteiger partial charge in [0.2, 0.25) is 0 Å². The average Bonchev–Trinajstić information content (AvgIpc) is 2.34. The van der Waals surface area contributed by atoms with E-state index < -0.39 is 0 Å². The molecule has 0 saturated carbocycles. The molecule has 0 bridgehead atoms. The van der Waals surface area contributed by atoms with E-state index in [1.54, 1.807) is 18.5 Å². The summed E-state index contributed by atoms with van der Waals surface area (Å²) in [6.07, 6.45) is 3.48. The fourth-order valence-corrected chi connectivity index (χ4v) is 2.18. The molecule has 2 rings (SSSR count). The standard InChI is InChI=1S/C12H12BrN3/c13-11-5-2-1-4-9(11)10(8-14)12-15-6-3-7-16-12/h1-7,10H,8,14H2. The maximum atomic E-state index is 5.80. The molecule has 3 nitrogen and oxygen atoms in total. The second-order valence-corrected chi connectivity index (χ2v) is 4.27. The maximum absolute atomic E-state index is 5.80. The van der Waals surface area contributed by atoms with Crippen LogP contribution in [0.25, 0.3) is 0 Å². The van der Waals surface area contributed by atoms with E-state index in [0.717, 1.165) is 15.9 Å². The highest BCUT2D eigenvalue weighted by Gasteiger charge is 2.16. The van der Waals surface area contributed by atoms with Crippen LogP contribution >= 0.6 is 15.9 Å². The highest BCUT2D eigenvalue weighted by atomic mass is 79.9. The number of benzene rings is 1. The van der Waals surface area contributed by atoms with Gasteiger partial charge in [-0.1, -0.05) is 34.1 Å². The van der Waals surface area contributed by atoms with Crippen LogP contribution in [0.15, 0.2) is 47.2 Å². The summed E-state index contributed by atoms with van der Waals surface area (Å²) in [5.41, 5.74) is 6.93. The van der Waals surface area contributed by atoms with Gasteiger partial charge in [0.25, 0.3) is 0 Å². The minimum Gasteiger partial charge on any atom is -0.329 e. The van der Waals surface area contributed by atoms with Crippen molar-refractivity contribution in [2.24, 2.45) is 5.73 Å². The van der Waals surface area contributed by atoms with E-state index in [4.69, 9.17) is 5.73 Å². The second kappa shape index (κ2) is 5.18. The van der Waals surface area contributed by atoms with E-state index in [0.29, 0.717) is 6.54 Å². The van der Waals surface area contributed by atoms with Crippen molar-refractivity contribution in [3.8, 4) is 0 Å². The van der Waals surface area contributed by atoms with Crippen LogP contribution in [0.5, 0.6) is 0 Å². The molecule has 0 spiro atoms. The first-order valence-electron chi connectivity index (χ1n) is 5.04. The molecule has 2 N–H and O–H groups in total. The third kappa shape index (κ3) is 2.28. The van der Waals surface area contributed by atoms with Crippen molar-refractivity contribution in [2.45, 2.75) is 5.92 Å². The van der Waals surface area contributed by atoms with Crippen LogP contribution in [-0.4, -0.2) is 16.5 Å². The van der Waals surface area contributed by atoms with E-state index in [-0.39, 0.29) is 5.92 Å². The molecule has 16 heavy (non-hydrogen) atoms. The van der Waals surface area contributed by atoms with Gasteiger partial charge in [0, 0.05) is 23.4 Å². The summed E-state index contributed by atoms with van der Waals surface area (Å²) < 4.78 is 1.04. The molecule has 0 saturated heterocycles. The second-order valence-electron chi connectivity index (χ2n) is 3.42. The Morgan fingerprint density at radius 1 is 1.12 bits per heavy atom. The molecule has 1 unspecified atom stereocenters. The predicted molar refractivity (Wildman–Crippen MR) is 67.1 cm³/mol. The van der Waals surface area contributed by atoms with Crippen LogP contribution in [0.2, 0.25) is 0 Å². The molecular formula is C12H12BrN3. The van der Waals surface area contributed by atoms with Crippen LogP contribution in [0, 0.1) is 0 Å². The average molecular weight is 278 g/mol. The molecule has 0 aliphatic heterocycles. The van der Waals surface area contributed by atoms with Gasteiger partial charge in [-0.3, -0.25) is 0 Å². The van der Waals surface area contributed by atoms with Crippen LogP contribution in [0.1, 0.15) is 17.3 Å². The lowest BCUT2D eigenvalue weighted by Gasteiger charge is -2.14. The quantitative estimate of drug-likeness (QED) is 0.937. The van der Waals surface area contributed by atoms with Crippen molar-refractivity contribution in [3.63, 3.8) is 0 Å². The Morgan fingerprint density at radius 2 is 1.81 bits per heavy atom. The predicted octanol–water partition coefficient (Wildman–Crippen LogP) is 2.33. The largest absolute Gasteiger partial charge is 0.329 e. The van der Waals surface area contributed by atoms with Gasteiger partial charge < -0.3 is 5.73 Å². The molecule has 1 heterocycles. The van der Waals surface area contributed by atoms with Crippen molar-refractivity contribution in [1.29, 1.82) is 0 Å². The Labute approximate surface area is 103 Å². The molecule has 4 heteroatoms. The van der Waals surface area contributed by atoms with E-state index in [9.17, 15) is 0 Å². The molecule has 82 valence electrons. The van der Waals surface area contributed by atoms with Crippen molar-refractivity contribution in [1.82, 2.24) is 9.97 Å². The van der Waals surface area contributed by atoms with Gasteiger partial charge in [-0.15, -0.1) is 0 Å². The minimum absolute atomic E-state index is 0.0387. The van der Waals surface area contributed by atoms with Gasteiger partial charge in [-0.25, -0.2) is 9.97 Å². The maximum Gasteiger partial charge on any atom is 0.136 e. The first kappa shape index (κ1) is 11.2. The summed E-state index contributed by atoms with van der Waals surface area (Å²) in [5.74, 6) is 0.800. The summed E-state index contributed by atoms with van der Waals surface area (Å²) in [7, 11) is 0. The van der Waals surface area contributed by atoms with Gasteiger partial charge in [0.1, 0.15) is 5.82 Å². The highest BCUT2D eigenvalue weighted by Crippen LogP contribution is 2.27. The molecule has 1 aromatic carbocycles. The normalized spacial score (nSPS) is 12.4. The Morgan fingerprint density at radius 3 is 2.44 bits per heavy atom. The summed E-state index contributed by atoms with van der Waals surface area (Å²) in [6, 6.07) is 9.81. The van der Waals surface area contributed by atoms with Gasteiger partial charge in [-0.05, 0) is 17.7 Å². The molecule has 0 aliphatic rings. The first-order valence-corrected chi connectivity index (χ1v) is 5.83. The summed E-state index contributed by atoms with van der Waals surface area (Å²) in [6.45, 7) is 0.493. The van der Waals surface area contributed by atoms with Gasteiger partial charge in [-0.2, -0.15) is 0 Å². The van der Waals surface area contributed by atoms with Crippen molar-refractivity contribution >= 4 is 15.9 Å². The van der Waals surface area contributed by atoms with E-state index in [2.05, 4.69) is 25.9 Å². The molecule has 1 atom stereocenters. The Hall–Kier alpha value is -1.26. The summed E-state index contributed by atoms with van der Waals surface area (Å²) >= 11 is 3.52. The third-order valence-corrected chi connectivity index (χ3v) is 3.14. The minimum atomic E-state index is 0.0387. The van der Waals surface area contributed by atoms with Gasteiger partial charge >= 0.3 is 0 Å². The zero-order valence-electron chi connectivity index (χ0n) is 8.68. The lowest BCUT2D eigenvalue weighted by molar-refractivity contribution is 0.746. The van der Waals surface area contributed by atoms with E-state index in [1.165, 1.54) is 0 Å². The zero-order valence-corrected chi connectivity index (χ0v) is 10.3. The molecular weight excluding hydrogens is 266 g/mol. The first-order chi connectivity index (χ1) is 7.83. The lowest BCUT2D eigenvalue weighted by Crippen LogP contribution is -2.16. The molecule has 0 fully saturated rings. The lowest BCUT2D eigenvalue weighted by atomic mass is 9.98. The smallest absolute Gasteiger partial charge is 0.136 e. The fraction of sp³-hybridized carbons (Fsp3) is 0.167. The van der Waals surface area contributed by atoms with E-state index >= 15 is 0 Å². The molecule has 0 radical (unpaired) electrons. The molecule has 0 aliphatic carbocycles. The molecule has 0 amide bonds. The monoisotopic (exact) mass is 277 g/mol. The fourth-order valence-electron chi connectivity index (χ4n) is 1.62. The topological polar surface area (TPSA) is 51.8 Å². The number of nitrogens with zero attached hydrogens (tertiary/aromatic N) is 2. The number of nitrogens with two attached hydrogens (primary N) is 1. The Bertz CT molecular complexity index is 459. The molecule has 1 aromatic heterocycles. The number of halogens is 1. The van der Waals surface area contributed by atoms with Gasteiger partial charge in [0.05, 0.1) is 5.92 Å². The Kier molecular flexibility index (Phi) is 3.64. The zero-order chi connectivity index (χ0) is 11.4. The number of rotatable bonds is 3. The summed E-state index contributed by atoms with van der Waals surface area (Å²) in [5, 5.41) is 0.